The molecule has 0 bridgehead atoms. The second kappa shape index (κ2) is 11.0. The molecule has 4 aromatic rings. The monoisotopic (exact) mass is 472 g/mol. The van der Waals surface area contributed by atoms with E-state index in [1.807, 2.05) is 71.3 Å². The highest BCUT2D eigenvalue weighted by atomic mass is 32.2. The van der Waals surface area contributed by atoms with Crippen molar-refractivity contribution in [2.45, 2.75) is 31.3 Å². The predicted molar refractivity (Wildman–Crippen MR) is 138 cm³/mol. The molecule has 1 amide bonds. The van der Waals surface area contributed by atoms with Gasteiger partial charge in [0.2, 0.25) is 5.91 Å². The Balaban J connectivity index is 1.51. The maximum atomic E-state index is 12.7. The molecule has 1 atom stereocenters. The number of carbonyl (C=O) groups excluding carboxylic acids is 1. The number of hydrogen-bond donors (Lipinski definition) is 1. The van der Waals surface area contributed by atoms with Crippen LogP contribution in [0.1, 0.15) is 31.7 Å². The van der Waals surface area contributed by atoms with Gasteiger partial charge in [-0.2, -0.15) is 0 Å². The van der Waals surface area contributed by atoms with Crippen LogP contribution in [-0.4, -0.2) is 33.5 Å². The zero-order chi connectivity index (χ0) is 23.9. The van der Waals surface area contributed by atoms with E-state index in [2.05, 4.69) is 41.5 Å². The fourth-order valence-electron chi connectivity index (χ4n) is 3.56. The van der Waals surface area contributed by atoms with Gasteiger partial charge in [0.1, 0.15) is 5.75 Å². The third-order valence-electron chi connectivity index (χ3n) is 5.70. The first-order valence-corrected chi connectivity index (χ1v) is 12.3. The maximum Gasteiger partial charge on any atom is 0.234 e. The topological polar surface area (TPSA) is 69.0 Å². The number of methoxy groups -OCH3 is 1. The molecule has 34 heavy (non-hydrogen) atoms. The van der Waals surface area contributed by atoms with Crippen LogP contribution in [-0.2, 0) is 4.79 Å². The first-order chi connectivity index (χ1) is 16.6. The van der Waals surface area contributed by atoms with E-state index in [4.69, 9.17) is 4.74 Å². The fraction of sp³-hybridized carbons (Fsp3) is 0.222. The lowest BCUT2D eigenvalue weighted by atomic mass is 9.99. The Morgan fingerprint density at radius 3 is 2.35 bits per heavy atom. The molecule has 0 unspecified atom stereocenters. The number of nitrogens with one attached hydrogen (secondary N) is 1. The quantitative estimate of drug-likeness (QED) is 0.294. The number of aromatic nitrogens is 3. The summed E-state index contributed by atoms with van der Waals surface area (Å²) >= 11 is 1.36. The number of thioether (sulfide) groups is 1. The van der Waals surface area contributed by atoms with Crippen LogP contribution in [0.25, 0.3) is 17.1 Å². The number of rotatable bonds is 9. The van der Waals surface area contributed by atoms with Gasteiger partial charge in [-0.25, -0.2) is 0 Å². The molecule has 6 nitrogen and oxygen atoms in total. The van der Waals surface area contributed by atoms with Crippen molar-refractivity contribution in [1.82, 2.24) is 14.8 Å². The number of amides is 1. The van der Waals surface area contributed by atoms with Crippen LogP contribution < -0.4 is 10.1 Å². The summed E-state index contributed by atoms with van der Waals surface area (Å²) in [6, 6.07) is 25.7. The van der Waals surface area contributed by atoms with E-state index in [1.54, 1.807) is 7.11 Å². The zero-order valence-corrected chi connectivity index (χ0v) is 20.4. The maximum absolute atomic E-state index is 12.7. The van der Waals surface area contributed by atoms with E-state index in [1.165, 1.54) is 17.3 Å². The van der Waals surface area contributed by atoms with Crippen LogP contribution in [0.5, 0.6) is 5.75 Å². The highest BCUT2D eigenvalue weighted by Gasteiger charge is 2.17. The molecule has 3 aromatic carbocycles. The molecule has 7 heteroatoms. The van der Waals surface area contributed by atoms with Crippen molar-refractivity contribution in [3.63, 3.8) is 0 Å². The Hall–Kier alpha value is -3.58. The van der Waals surface area contributed by atoms with Gasteiger partial charge < -0.3 is 10.1 Å². The van der Waals surface area contributed by atoms with Gasteiger partial charge in [0, 0.05) is 16.9 Å². The van der Waals surface area contributed by atoms with Crippen LogP contribution in [0.15, 0.2) is 84.0 Å². The van der Waals surface area contributed by atoms with Crippen LogP contribution >= 0.6 is 11.8 Å². The Kier molecular flexibility index (Phi) is 7.65. The third-order valence-corrected chi connectivity index (χ3v) is 6.63. The Morgan fingerprint density at radius 2 is 1.71 bits per heavy atom. The minimum absolute atomic E-state index is 0.0881. The lowest BCUT2D eigenvalue weighted by molar-refractivity contribution is -0.113. The molecule has 0 saturated heterocycles. The molecule has 174 valence electrons. The van der Waals surface area contributed by atoms with E-state index in [-0.39, 0.29) is 11.7 Å². The van der Waals surface area contributed by atoms with Crippen LogP contribution in [0.2, 0.25) is 0 Å². The second-order valence-corrected chi connectivity index (χ2v) is 8.92. The van der Waals surface area contributed by atoms with Gasteiger partial charge >= 0.3 is 0 Å². The van der Waals surface area contributed by atoms with Gasteiger partial charge in [-0.05, 0) is 66.4 Å². The minimum atomic E-state index is -0.0881. The normalized spacial score (nSPS) is 11.7. The van der Waals surface area contributed by atoms with Crippen LogP contribution in [0, 0.1) is 0 Å². The SMILES string of the molecule is CC[C@H](C)c1ccc(NC(=O)CSc2nnc(-c3ccc(OC)cc3)n2-c2ccccc2)cc1. The molecule has 0 fully saturated rings. The smallest absolute Gasteiger partial charge is 0.234 e. The van der Waals surface area contributed by atoms with E-state index < -0.39 is 0 Å². The zero-order valence-electron chi connectivity index (χ0n) is 19.6. The van der Waals surface area contributed by atoms with Gasteiger partial charge in [-0.15, -0.1) is 10.2 Å². The van der Waals surface area contributed by atoms with Crippen molar-refractivity contribution in [3.8, 4) is 22.8 Å². The number of carbonyl (C=O) groups is 1. The molecular formula is C27H28N4O2S. The van der Waals surface area contributed by atoms with Gasteiger partial charge in [0.15, 0.2) is 11.0 Å². The van der Waals surface area contributed by atoms with E-state index >= 15 is 0 Å². The van der Waals surface area contributed by atoms with Gasteiger partial charge in [0.05, 0.1) is 12.9 Å². The molecule has 0 aliphatic carbocycles. The summed E-state index contributed by atoms with van der Waals surface area (Å²) in [7, 11) is 1.64. The standard InChI is InChI=1S/C27H28N4O2S/c1-4-19(2)20-10-14-22(15-11-20)28-25(32)18-34-27-30-29-26(21-12-16-24(33-3)17-13-21)31(27)23-8-6-5-7-9-23/h5-17,19H,4,18H2,1-3H3,(H,28,32)/t19-/m0/s1. The number of hydrogen-bond acceptors (Lipinski definition) is 5. The number of nitrogens with zero attached hydrogens (tertiary/aromatic N) is 3. The molecule has 1 aromatic heterocycles. The number of benzene rings is 3. The summed E-state index contributed by atoms with van der Waals surface area (Å²) in [5.74, 6) is 2.12. The summed E-state index contributed by atoms with van der Waals surface area (Å²) < 4.78 is 7.24. The predicted octanol–water partition coefficient (Wildman–Crippen LogP) is 6.19. The van der Waals surface area contributed by atoms with Crippen molar-refractivity contribution in [1.29, 1.82) is 0 Å². The number of para-hydroxylation sites is 1. The van der Waals surface area contributed by atoms with Crippen molar-refractivity contribution >= 4 is 23.4 Å². The lowest BCUT2D eigenvalue weighted by Gasteiger charge is -2.11. The van der Waals surface area contributed by atoms with E-state index in [9.17, 15) is 4.79 Å². The average molecular weight is 473 g/mol. The molecule has 0 aliphatic rings. The molecule has 1 N–H and O–H groups in total. The number of ether oxygens (including phenoxy) is 1. The fourth-order valence-corrected chi connectivity index (χ4v) is 4.31. The second-order valence-electron chi connectivity index (χ2n) is 7.97. The molecule has 0 radical (unpaired) electrons. The third kappa shape index (κ3) is 5.48. The van der Waals surface area contributed by atoms with Crippen molar-refractivity contribution in [2.24, 2.45) is 0 Å². The van der Waals surface area contributed by atoms with Crippen molar-refractivity contribution in [3.05, 3.63) is 84.4 Å². The van der Waals surface area contributed by atoms with Gasteiger partial charge in [0.25, 0.3) is 0 Å². The lowest BCUT2D eigenvalue weighted by Crippen LogP contribution is -2.14. The Bertz CT molecular complexity index is 1220. The first kappa shape index (κ1) is 23.6. The van der Waals surface area contributed by atoms with E-state index in [0.29, 0.717) is 16.9 Å². The highest BCUT2D eigenvalue weighted by Crippen LogP contribution is 2.29. The van der Waals surface area contributed by atoms with Crippen molar-refractivity contribution < 1.29 is 9.53 Å². The molecule has 0 saturated carbocycles. The van der Waals surface area contributed by atoms with Gasteiger partial charge in [-0.3, -0.25) is 9.36 Å². The average Bonchev–Trinajstić information content (AvgIpc) is 3.32. The summed E-state index contributed by atoms with van der Waals surface area (Å²) in [5.41, 5.74) is 3.91. The Labute approximate surface area is 204 Å². The minimum Gasteiger partial charge on any atom is -0.497 e. The molecule has 0 spiro atoms. The first-order valence-electron chi connectivity index (χ1n) is 11.3. The molecule has 0 aliphatic heterocycles. The van der Waals surface area contributed by atoms with E-state index in [0.717, 1.165) is 29.1 Å². The number of anilines is 1. The molecular weight excluding hydrogens is 444 g/mol. The van der Waals surface area contributed by atoms with Crippen molar-refractivity contribution in [2.75, 3.05) is 18.2 Å². The molecule has 1 heterocycles. The summed E-state index contributed by atoms with van der Waals surface area (Å²) in [4.78, 5) is 12.7. The molecule has 4 rings (SSSR count). The summed E-state index contributed by atoms with van der Waals surface area (Å²) in [6.07, 6.45) is 1.09. The highest BCUT2D eigenvalue weighted by molar-refractivity contribution is 7.99. The van der Waals surface area contributed by atoms with Crippen LogP contribution in [0.3, 0.4) is 0 Å². The largest absolute Gasteiger partial charge is 0.497 e. The summed E-state index contributed by atoms with van der Waals surface area (Å²) in [6.45, 7) is 4.37. The van der Waals surface area contributed by atoms with Crippen LogP contribution in [0.4, 0.5) is 5.69 Å². The summed E-state index contributed by atoms with van der Waals surface area (Å²) in [5, 5.41) is 12.5. The Morgan fingerprint density at radius 1 is 1.00 bits per heavy atom. The van der Waals surface area contributed by atoms with Gasteiger partial charge in [-0.1, -0.05) is 55.9 Å².